The zero-order chi connectivity index (χ0) is 88.5. The van der Waals surface area contributed by atoms with Gasteiger partial charge in [-0.2, -0.15) is 0 Å². The Bertz CT molecular complexity index is 3650. The molecule has 0 spiro atoms. The first-order valence-electron chi connectivity index (χ1n) is 41.6. The smallest absolute Gasteiger partial charge is 0.335 e. The molecule has 20 N–H and O–H groups in total. The number of carboxylic acid groups (broad SMARTS) is 1. The van der Waals surface area contributed by atoms with Crippen molar-refractivity contribution in [2.45, 2.75) is 379 Å². The summed E-state index contributed by atoms with van der Waals surface area (Å²) in [5.41, 5.74) is -5.50. The summed E-state index contributed by atoms with van der Waals surface area (Å²) in [5, 5.41) is 222. The fourth-order valence-corrected chi connectivity index (χ4v) is 22.3. The molecule has 47 unspecified atom stereocenters. The third kappa shape index (κ3) is 17.1. The number of aliphatic hydroxyl groups is 19. The lowest BCUT2D eigenvalue weighted by atomic mass is 9.33. The summed E-state index contributed by atoms with van der Waals surface area (Å²) < 4.78 is 103. The Morgan fingerprint density at radius 2 is 1.01 bits per heavy atom. The number of esters is 3. The zero-order valence-corrected chi connectivity index (χ0v) is 68.7. The standard InChI is InChI=1S/C79H122O42/c1-27-55(111-36-13-12-33(84)57(45(36)91)115-66-50(96)42(88)34(85)24-105-66)48(94)53(99)68(107-27)114-56-28(2)108-71(63(61(56)110-30(4)83)119-70-60(109-29(3)82)47(93)49(95)65(103)120-70)121-73(104)79-20-19-74(5,6)21-32(79)31-11-14-39-75(7)17-16-41(76(8,26-81)38(75)15-18-77(39,9)78(31,10)22-40(79)87)113-72-62(118-69-52(98)46(92)44(90)37(23-80)112-69)58(54(100)59(117-72)64(101)102)116-67-51(97)43(89)35(86)25-106-67/h11,26-28,32-63,65-72,80,84-100,103H,12-25H2,1-10H3,(H,101,102). The van der Waals surface area contributed by atoms with E-state index in [9.17, 15) is 121 Å². The monoisotopic (exact) mass is 1740 g/mol. The molecular formula is C79H122O42. The van der Waals surface area contributed by atoms with E-state index in [1.165, 1.54) is 13.8 Å². The molecule has 7 aliphatic heterocycles. The minimum atomic E-state index is -2.26. The first kappa shape index (κ1) is 94.6. The van der Waals surface area contributed by atoms with Crippen molar-refractivity contribution in [1.82, 2.24) is 0 Å². The molecule has 42 nitrogen and oxygen atoms in total. The van der Waals surface area contributed by atoms with Crippen LogP contribution in [0.5, 0.6) is 0 Å². The lowest BCUT2D eigenvalue weighted by Crippen LogP contribution is -2.69. The van der Waals surface area contributed by atoms with E-state index in [1.807, 2.05) is 13.8 Å². The number of aldehydes is 1. The average Bonchev–Trinajstić information content (AvgIpc) is 0.668. The Morgan fingerprint density at radius 1 is 0.463 bits per heavy atom. The second-order valence-electron chi connectivity index (χ2n) is 37.2. The van der Waals surface area contributed by atoms with Crippen LogP contribution in [0.3, 0.4) is 0 Å². The van der Waals surface area contributed by atoms with Gasteiger partial charge in [0.25, 0.3) is 0 Å². The zero-order valence-electron chi connectivity index (χ0n) is 68.7. The topological polar surface area (TPSA) is 647 Å². The summed E-state index contributed by atoms with van der Waals surface area (Å²) in [6, 6.07) is 0. The van der Waals surface area contributed by atoms with Gasteiger partial charge in [-0.05, 0) is 124 Å². The Hall–Kier alpha value is -4.03. The van der Waals surface area contributed by atoms with Gasteiger partial charge in [0.15, 0.2) is 62.2 Å². The maximum Gasteiger partial charge on any atom is 0.335 e. The number of fused-ring (bicyclic) bond motifs is 7. The summed E-state index contributed by atoms with van der Waals surface area (Å²) in [4.78, 5) is 70.2. The Balaban J connectivity index is 0.777. The minimum absolute atomic E-state index is 0.0107. The fourth-order valence-electron chi connectivity index (χ4n) is 22.3. The van der Waals surface area contributed by atoms with Crippen LogP contribution in [0.2, 0.25) is 0 Å². The van der Waals surface area contributed by atoms with Gasteiger partial charge in [0.2, 0.25) is 12.6 Å². The molecule has 5 saturated carbocycles. The van der Waals surface area contributed by atoms with Gasteiger partial charge in [0, 0.05) is 13.8 Å². The third-order valence-corrected chi connectivity index (χ3v) is 29.3. The highest BCUT2D eigenvalue weighted by molar-refractivity contribution is 5.80. The lowest BCUT2D eigenvalue weighted by molar-refractivity contribution is -0.393. The Labute approximate surface area is 695 Å². The van der Waals surface area contributed by atoms with E-state index in [0.29, 0.717) is 38.5 Å². The number of hydrogen-bond acceptors (Lipinski definition) is 41. The van der Waals surface area contributed by atoms with Gasteiger partial charge in [-0.1, -0.05) is 53.2 Å². The molecule has 0 radical (unpaired) electrons. The summed E-state index contributed by atoms with van der Waals surface area (Å²) in [7, 11) is 0. The SMILES string of the molecule is CC(=O)OC1C(OC2C(OC(=O)C34CCC(C)(C)CC3C3=CCC5C6(C)CCC(OC7OC(C(=O)O)C(O)C(OC8OCC(O)C(O)C8O)C7OC7OC(CO)C(O)C(O)C7O)C(C)(C=O)C6CCC5(C)C3(C)CC4O)OC(C)C(OC3OC(C)C(OC4CCC(O)C(OC5OCC(O)C(O)C5O)C4O)C(O)C3O)C2OC(C)=O)OC(O)C(O)C1O. The molecule has 47 atom stereocenters. The van der Waals surface area contributed by atoms with E-state index in [0.717, 1.165) is 25.7 Å². The van der Waals surface area contributed by atoms with Crippen molar-refractivity contribution in [2.24, 2.45) is 50.2 Å². The highest BCUT2D eigenvalue weighted by Gasteiger charge is 2.74. The number of hydrogen-bond donors (Lipinski definition) is 20. The average molecular weight is 1740 g/mol. The van der Waals surface area contributed by atoms with E-state index >= 15 is 4.79 Å². The van der Waals surface area contributed by atoms with Gasteiger partial charge in [-0.3, -0.25) is 14.4 Å². The number of aliphatic carboxylic acids is 1. The van der Waals surface area contributed by atoms with Crippen molar-refractivity contribution in [3.05, 3.63) is 11.6 Å². The maximum absolute atomic E-state index is 16.3. The van der Waals surface area contributed by atoms with E-state index < -0.39 is 328 Å². The van der Waals surface area contributed by atoms with Crippen LogP contribution in [0.25, 0.3) is 0 Å². The van der Waals surface area contributed by atoms with Crippen LogP contribution in [-0.4, -0.2) is 392 Å². The molecule has 0 aromatic carbocycles. The molecule has 690 valence electrons. The number of rotatable bonds is 21. The Kier molecular flexibility index (Phi) is 28.2. The van der Waals surface area contributed by atoms with Crippen LogP contribution in [-0.2, 0) is 104 Å². The van der Waals surface area contributed by atoms with E-state index in [1.54, 1.807) is 6.92 Å². The molecule has 0 amide bonds. The molecule has 0 aromatic rings. The largest absolute Gasteiger partial charge is 0.479 e. The van der Waals surface area contributed by atoms with Crippen molar-refractivity contribution in [3.63, 3.8) is 0 Å². The van der Waals surface area contributed by atoms with Gasteiger partial charge >= 0.3 is 23.9 Å². The number of carboxylic acids is 1. The highest BCUT2D eigenvalue weighted by atomic mass is 16.8. The number of carbonyl (C=O) groups excluding carboxylic acids is 4. The van der Waals surface area contributed by atoms with Crippen LogP contribution in [0.1, 0.15) is 140 Å². The number of ether oxygens (including phenoxy) is 17. The second-order valence-corrected chi connectivity index (χ2v) is 37.2. The van der Waals surface area contributed by atoms with Crippen molar-refractivity contribution >= 4 is 30.2 Å². The molecule has 13 aliphatic rings. The predicted octanol–water partition coefficient (Wildman–Crippen LogP) is -6.62. The summed E-state index contributed by atoms with van der Waals surface area (Å²) in [6.45, 7) is 14.7. The van der Waals surface area contributed by atoms with Gasteiger partial charge in [-0.25, -0.2) is 4.79 Å². The molecule has 12 fully saturated rings. The molecule has 0 aromatic heterocycles. The molecule has 0 bridgehead atoms. The summed E-state index contributed by atoms with van der Waals surface area (Å²) in [5.74, 6) is -6.56. The molecule has 121 heavy (non-hydrogen) atoms. The van der Waals surface area contributed by atoms with Crippen molar-refractivity contribution in [2.75, 3.05) is 19.8 Å². The van der Waals surface area contributed by atoms with E-state index in [4.69, 9.17) is 80.5 Å². The molecular weight excluding hydrogens is 1620 g/mol. The Morgan fingerprint density at radius 3 is 1.63 bits per heavy atom. The van der Waals surface area contributed by atoms with Gasteiger partial charge in [0.05, 0.1) is 61.9 Å². The van der Waals surface area contributed by atoms with Crippen LogP contribution < -0.4 is 0 Å². The first-order chi connectivity index (χ1) is 56.7. The van der Waals surface area contributed by atoms with Gasteiger partial charge < -0.3 is 187 Å². The minimum Gasteiger partial charge on any atom is -0.479 e. The van der Waals surface area contributed by atoms with Crippen molar-refractivity contribution in [1.29, 1.82) is 0 Å². The highest BCUT2D eigenvalue weighted by Crippen LogP contribution is 2.76. The quantitative estimate of drug-likeness (QED) is 0.0167. The second kappa shape index (κ2) is 36.1. The molecule has 7 saturated heterocycles. The molecule has 6 aliphatic carbocycles. The van der Waals surface area contributed by atoms with Crippen LogP contribution in [0, 0.1) is 50.2 Å². The first-order valence-corrected chi connectivity index (χ1v) is 41.6. The summed E-state index contributed by atoms with van der Waals surface area (Å²) in [6.07, 6.45) is -66.5. The van der Waals surface area contributed by atoms with Gasteiger partial charge in [0.1, 0.15) is 140 Å². The van der Waals surface area contributed by atoms with E-state index in [-0.39, 0.29) is 38.0 Å². The maximum atomic E-state index is 16.3. The summed E-state index contributed by atoms with van der Waals surface area (Å²) >= 11 is 0. The fraction of sp³-hybridized carbons (Fsp3) is 0.911. The number of aliphatic hydroxyl groups excluding tert-OH is 19. The van der Waals surface area contributed by atoms with Crippen molar-refractivity contribution < 1.29 is 207 Å². The number of carbonyl (C=O) groups is 5. The van der Waals surface area contributed by atoms with Crippen LogP contribution in [0.15, 0.2) is 11.6 Å². The molecule has 13 rings (SSSR count). The molecule has 42 heteroatoms. The van der Waals surface area contributed by atoms with Crippen LogP contribution in [0.4, 0.5) is 0 Å². The molecule has 7 heterocycles. The van der Waals surface area contributed by atoms with Crippen molar-refractivity contribution in [3.8, 4) is 0 Å². The normalized spacial score (nSPS) is 53.1. The van der Waals surface area contributed by atoms with Gasteiger partial charge in [-0.15, -0.1) is 0 Å². The lowest BCUT2D eigenvalue weighted by Gasteiger charge is -2.71. The third-order valence-electron chi connectivity index (χ3n) is 29.3. The predicted molar refractivity (Wildman–Crippen MR) is 392 cm³/mol. The van der Waals surface area contributed by atoms with E-state index in [2.05, 4.69) is 26.8 Å². The van der Waals surface area contributed by atoms with Crippen LogP contribution >= 0.6 is 0 Å². The number of allylic oxidation sites excluding steroid dienone is 2.